The molecule has 1 N–H and O–H groups in total. The van der Waals surface area contributed by atoms with Crippen molar-refractivity contribution in [1.29, 1.82) is 0 Å². The first-order valence-electron chi connectivity index (χ1n) is 14.9. The minimum Gasteiger partial charge on any atom is -0.487 e. The zero-order valence-corrected chi connectivity index (χ0v) is 26.1. The molecule has 4 rings (SSSR count). The molecule has 6 nitrogen and oxygen atoms in total. The van der Waals surface area contributed by atoms with Gasteiger partial charge in [0.05, 0.1) is 11.1 Å². The van der Waals surface area contributed by atoms with E-state index in [9.17, 15) is 9.90 Å². The maximum Gasteiger partial charge on any atom is 0.310 e. The average Bonchev–Trinajstić information content (AvgIpc) is 3.20. The molecule has 1 aromatic carbocycles. The van der Waals surface area contributed by atoms with Crippen molar-refractivity contribution in [3.63, 3.8) is 0 Å². The molecular formula is C33H47N3O3S. The lowest BCUT2D eigenvalue weighted by molar-refractivity contribution is -0.149. The molecule has 3 aromatic rings. The van der Waals surface area contributed by atoms with Crippen molar-refractivity contribution < 1.29 is 14.6 Å². The molecule has 7 heteroatoms. The summed E-state index contributed by atoms with van der Waals surface area (Å²) in [5.74, 6) is 0.104. The number of pyridine rings is 1. The fraction of sp³-hybridized carbons (Fsp3) is 0.576. The summed E-state index contributed by atoms with van der Waals surface area (Å²) in [5.41, 5.74) is 3.54. The van der Waals surface area contributed by atoms with Gasteiger partial charge >= 0.3 is 5.97 Å². The van der Waals surface area contributed by atoms with E-state index in [4.69, 9.17) is 4.74 Å². The molecule has 3 heterocycles. The predicted molar refractivity (Wildman–Crippen MR) is 165 cm³/mol. The van der Waals surface area contributed by atoms with Gasteiger partial charge in [0.1, 0.15) is 12.4 Å². The van der Waals surface area contributed by atoms with Crippen LogP contribution in [0.1, 0.15) is 83.7 Å². The van der Waals surface area contributed by atoms with Crippen LogP contribution in [0.25, 0.3) is 10.9 Å². The van der Waals surface area contributed by atoms with Gasteiger partial charge in [-0.25, -0.2) is 0 Å². The van der Waals surface area contributed by atoms with Crippen molar-refractivity contribution in [3.05, 3.63) is 53.5 Å². The van der Waals surface area contributed by atoms with Crippen LogP contribution in [-0.4, -0.2) is 49.9 Å². The van der Waals surface area contributed by atoms with Crippen molar-refractivity contribution in [3.8, 4) is 5.75 Å². The quantitative estimate of drug-likeness (QED) is 0.227. The lowest BCUT2D eigenvalue weighted by Gasteiger charge is -2.30. The molecule has 2 aromatic heterocycles. The smallest absolute Gasteiger partial charge is 0.310 e. The van der Waals surface area contributed by atoms with Crippen molar-refractivity contribution >= 4 is 28.6 Å². The number of likely N-dealkylation sites (tertiary alicyclic amines) is 1. The van der Waals surface area contributed by atoms with Crippen LogP contribution >= 0.6 is 11.8 Å². The van der Waals surface area contributed by atoms with E-state index < -0.39 is 11.4 Å². The fourth-order valence-corrected chi connectivity index (χ4v) is 6.85. The van der Waals surface area contributed by atoms with E-state index in [1.165, 1.54) is 24.2 Å². The Hall–Kier alpha value is -2.51. The second-order valence-electron chi connectivity index (χ2n) is 12.3. The van der Waals surface area contributed by atoms with Crippen LogP contribution in [0, 0.1) is 12.3 Å². The summed E-state index contributed by atoms with van der Waals surface area (Å²) >= 11 is 1.84. The second kappa shape index (κ2) is 13.0. The van der Waals surface area contributed by atoms with Gasteiger partial charge in [0.2, 0.25) is 0 Å². The molecule has 0 aliphatic carbocycles. The summed E-state index contributed by atoms with van der Waals surface area (Å²) in [6, 6.07) is 10.4. The number of piperidine rings is 1. The molecular weight excluding hydrogens is 518 g/mol. The van der Waals surface area contributed by atoms with Gasteiger partial charge in [0, 0.05) is 51.9 Å². The summed E-state index contributed by atoms with van der Waals surface area (Å²) in [6.45, 7) is 17.3. The summed E-state index contributed by atoms with van der Waals surface area (Å²) in [7, 11) is 0. The number of hydrogen-bond donors (Lipinski definition) is 1. The van der Waals surface area contributed by atoms with Gasteiger partial charge in [0.15, 0.2) is 0 Å². The molecule has 0 amide bonds. The van der Waals surface area contributed by atoms with E-state index in [1.54, 1.807) is 0 Å². The molecule has 1 fully saturated rings. The van der Waals surface area contributed by atoms with E-state index in [0.717, 1.165) is 59.8 Å². The van der Waals surface area contributed by atoms with Crippen LogP contribution < -0.4 is 4.74 Å². The highest BCUT2D eigenvalue weighted by Crippen LogP contribution is 2.45. The number of fused-ring (bicyclic) bond motifs is 1. The lowest BCUT2D eigenvalue weighted by Crippen LogP contribution is -2.35. The SMILES string of the molecule is CCC(CC)(Cc1c(SC(C)(C)C)c2cc(OCc3ccc(C)cn3)ccc2n1CCN1CCCCC1)C(=O)O. The maximum atomic E-state index is 12.7. The van der Waals surface area contributed by atoms with Crippen LogP contribution in [0.3, 0.4) is 0 Å². The predicted octanol–water partition coefficient (Wildman–Crippen LogP) is 7.73. The first kappa shape index (κ1) is 30.4. The molecule has 0 radical (unpaired) electrons. The largest absolute Gasteiger partial charge is 0.487 e. The van der Waals surface area contributed by atoms with Crippen LogP contribution in [0.2, 0.25) is 0 Å². The Morgan fingerprint density at radius 1 is 1.05 bits per heavy atom. The highest BCUT2D eigenvalue weighted by molar-refractivity contribution is 8.00. The molecule has 0 unspecified atom stereocenters. The topological polar surface area (TPSA) is 67.6 Å². The Labute approximate surface area is 244 Å². The Kier molecular flexibility index (Phi) is 9.89. The molecule has 1 aliphatic heterocycles. The number of aliphatic carboxylic acids is 1. The summed E-state index contributed by atoms with van der Waals surface area (Å²) in [4.78, 5) is 20.9. The van der Waals surface area contributed by atoms with Gasteiger partial charge in [-0.05, 0) is 75.5 Å². The maximum absolute atomic E-state index is 12.7. The zero-order valence-electron chi connectivity index (χ0n) is 25.3. The third-order valence-corrected chi connectivity index (χ3v) is 9.53. The Morgan fingerprint density at radius 2 is 1.77 bits per heavy atom. The Balaban J connectivity index is 1.79. The van der Waals surface area contributed by atoms with Crippen molar-refractivity contribution in [1.82, 2.24) is 14.5 Å². The molecule has 218 valence electrons. The molecule has 0 saturated carbocycles. The van der Waals surface area contributed by atoms with Gasteiger partial charge in [-0.1, -0.05) is 47.1 Å². The van der Waals surface area contributed by atoms with E-state index in [2.05, 4.69) is 53.4 Å². The molecule has 1 aliphatic rings. The minimum atomic E-state index is -0.791. The number of hydrogen-bond acceptors (Lipinski definition) is 5. The molecule has 0 spiro atoms. The summed E-state index contributed by atoms with van der Waals surface area (Å²) in [5, 5.41) is 11.5. The standard InChI is InChI=1S/C33H47N3O3S/c1-7-33(8-2,31(37)38)21-29-30(40-32(4,5)6)27-20-26(39-23-25-13-12-24(3)22-34-25)14-15-28(27)36(29)19-18-35-16-10-9-11-17-35/h12-15,20,22H,7-11,16-19,21,23H2,1-6H3,(H,37,38). The monoisotopic (exact) mass is 565 g/mol. The Morgan fingerprint density at radius 3 is 2.38 bits per heavy atom. The second-order valence-corrected chi connectivity index (χ2v) is 14.1. The number of carboxylic acids is 1. The number of ether oxygens (including phenoxy) is 1. The number of thioether (sulfide) groups is 1. The summed E-state index contributed by atoms with van der Waals surface area (Å²) in [6.07, 6.45) is 7.42. The van der Waals surface area contributed by atoms with Crippen LogP contribution in [0.15, 0.2) is 41.4 Å². The molecule has 40 heavy (non-hydrogen) atoms. The molecule has 0 atom stereocenters. The fourth-order valence-electron chi connectivity index (χ4n) is 5.66. The van der Waals surface area contributed by atoms with E-state index in [1.807, 2.05) is 50.9 Å². The number of carbonyl (C=O) groups is 1. The third kappa shape index (κ3) is 7.22. The van der Waals surface area contributed by atoms with E-state index >= 15 is 0 Å². The molecule has 1 saturated heterocycles. The van der Waals surface area contributed by atoms with Crippen molar-refractivity contribution in [2.75, 3.05) is 19.6 Å². The highest BCUT2D eigenvalue weighted by atomic mass is 32.2. The van der Waals surface area contributed by atoms with Gasteiger partial charge < -0.3 is 19.3 Å². The van der Waals surface area contributed by atoms with Gasteiger partial charge in [-0.2, -0.15) is 0 Å². The van der Waals surface area contributed by atoms with Crippen molar-refractivity contribution in [2.24, 2.45) is 5.41 Å². The van der Waals surface area contributed by atoms with E-state index in [-0.39, 0.29) is 4.75 Å². The first-order chi connectivity index (χ1) is 19.0. The number of aromatic nitrogens is 2. The van der Waals surface area contributed by atoms with Crippen molar-refractivity contribution in [2.45, 2.75) is 103 Å². The van der Waals surface area contributed by atoms with Crippen LogP contribution in [-0.2, 0) is 24.4 Å². The van der Waals surface area contributed by atoms with Crippen LogP contribution in [0.4, 0.5) is 0 Å². The van der Waals surface area contributed by atoms with Gasteiger partial charge in [-0.3, -0.25) is 9.78 Å². The van der Waals surface area contributed by atoms with Gasteiger partial charge in [0.25, 0.3) is 0 Å². The molecule has 0 bridgehead atoms. The number of carboxylic acid groups (broad SMARTS) is 1. The normalized spacial score (nSPS) is 15.1. The lowest BCUT2D eigenvalue weighted by atomic mass is 9.78. The van der Waals surface area contributed by atoms with Crippen LogP contribution in [0.5, 0.6) is 5.75 Å². The summed E-state index contributed by atoms with van der Waals surface area (Å²) < 4.78 is 8.62. The Bertz CT molecular complexity index is 1280. The number of nitrogens with zero attached hydrogens (tertiary/aromatic N) is 3. The highest BCUT2D eigenvalue weighted by Gasteiger charge is 2.38. The number of rotatable bonds is 12. The van der Waals surface area contributed by atoms with E-state index in [0.29, 0.717) is 25.9 Å². The average molecular weight is 566 g/mol. The van der Waals surface area contributed by atoms with Gasteiger partial charge in [-0.15, -0.1) is 11.8 Å². The number of benzene rings is 1. The number of aryl methyl sites for hydroxylation is 1. The zero-order chi connectivity index (χ0) is 28.9. The third-order valence-electron chi connectivity index (χ3n) is 8.26. The first-order valence-corrected chi connectivity index (χ1v) is 15.7. The minimum absolute atomic E-state index is 0.0340.